The largest absolute Gasteiger partial charge is 0.494 e. The van der Waals surface area contributed by atoms with E-state index in [4.69, 9.17) is 19.9 Å². The van der Waals surface area contributed by atoms with E-state index in [0.29, 0.717) is 25.3 Å². The molecule has 2 aromatic rings. The fraction of sp³-hybridized carbons (Fsp3) is 0.583. The van der Waals surface area contributed by atoms with Gasteiger partial charge in [-0.2, -0.15) is 0 Å². The summed E-state index contributed by atoms with van der Waals surface area (Å²) in [5.74, 6) is 0.617. The summed E-state index contributed by atoms with van der Waals surface area (Å²) in [6, 6.07) is 7.57. The molecular weight excluding hydrogens is 472 g/mol. The number of amides is 1. The van der Waals surface area contributed by atoms with Gasteiger partial charge in [-0.3, -0.25) is 9.89 Å². The number of nitrogens with one attached hydrogen (secondary N) is 2. The summed E-state index contributed by atoms with van der Waals surface area (Å²) >= 11 is 0. The number of nitrogens with zero attached hydrogens (tertiary/aromatic N) is 1. The Bertz CT molecular complexity index is 966. The van der Waals surface area contributed by atoms with Crippen molar-refractivity contribution in [2.45, 2.75) is 63.3 Å². The molecular formula is C24H36N4O8. The first-order valence-electron chi connectivity index (χ1n) is 12.0. The van der Waals surface area contributed by atoms with Gasteiger partial charge in [0.1, 0.15) is 30.2 Å². The number of rotatable bonds is 13. The lowest BCUT2D eigenvalue weighted by molar-refractivity contribution is -0.278. The highest BCUT2D eigenvalue weighted by atomic mass is 16.7. The number of carbonyl (C=O) groups is 1. The number of ether oxygens (including phenoxy) is 3. The van der Waals surface area contributed by atoms with Crippen LogP contribution in [0.5, 0.6) is 11.6 Å². The van der Waals surface area contributed by atoms with Crippen molar-refractivity contribution in [2.24, 2.45) is 5.73 Å². The fourth-order valence-electron chi connectivity index (χ4n) is 3.89. The Hall–Kier alpha value is -2.74. The van der Waals surface area contributed by atoms with Crippen molar-refractivity contribution < 1.29 is 39.4 Å². The number of carbonyl (C=O) groups excluding carboxylic acids is 1. The monoisotopic (exact) mass is 508 g/mol. The van der Waals surface area contributed by atoms with Gasteiger partial charge in [0.25, 0.3) is 0 Å². The summed E-state index contributed by atoms with van der Waals surface area (Å²) < 4.78 is 17.0. The van der Waals surface area contributed by atoms with Gasteiger partial charge >= 0.3 is 0 Å². The van der Waals surface area contributed by atoms with Crippen molar-refractivity contribution in [2.75, 3.05) is 26.3 Å². The standard InChI is InChI=1S/C24H36N4O8/c1-13(2)19-16(10-14-4-6-15(7-5-14)34-9-3-8-26-11-18(25)30)23(28-27-19)36-24-22(33)21(32)20(31)17(12-29)35-24/h4-7,13,17,20-22,24,26,29,31-33H,3,8-12H2,1-2H3,(H2,25,30)(H,27,28)/t17-,20-,21+,22-,24+/m1/s1. The van der Waals surface area contributed by atoms with Crippen LogP contribution in [0.15, 0.2) is 24.3 Å². The summed E-state index contributed by atoms with van der Waals surface area (Å²) in [7, 11) is 0. The predicted octanol–water partition coefficient (Wildman–Crippen LogP) is -0.854. The Kier molecular flexibility index (Phi) is 10.0. The summed E-state index contributed by atoms with van der Waals surface area (Å²) in [6.45, 7) is 4.71. The molecule has 1 aromatic carbocycles. The highest BCUT2D eigenvalue weighted by Crippen LogP contribution is 2.31. The van der Waals surface area contributed by atoms with Gasteiger partial charge < -0.3 is 45.7 Å². The smallest absolute Gasteiger partial charge is 0.238 e. The highest BCUT2D eigenvalue weighted by molar-refractivity contribution is 5.75. The first-order valence-corrected chi connectivity index (χ1v) is 12.0. The van der Waals surface area contributed by atoms with E-state index < -0.39 is 43.2 Å². The minimum atomic E-state index is -1.54. The summed E-state index contributed by atoms with van der Waals surface area (Å²) in [5.41, 5.74) is 7.65. The predicted molar refractivity (Wildman–Crippen MR) is 128 cm³/mol. The lowest BCUT2D eigenvalue weighted by atomic mass is 9.98. The average Bonchev–Trinajstić information content (AvgIpc) is 3.24. The van der Waals surface area contributed by atoms with Crippen LogP contribution in [-0.2, 0) is 16.0 Å². The van der Waals surface area contributed by atoms with Gasteiger partial charge in [-0.25, -0.2) is 0 Å². The molecule has 0 unspecified atom stereocenters. The lowest BCUT2D eigenvalue weighted by Gasteiger charge is -2.39. The second-order valence-corrected chi connectivity index (χ2v) is 9.06. The number of benzene rings is 1. The van der Waals surface area contributed by atoms with Gasteiger partial charge in [0.15, 0.2) is 0 Å². The molecule has 1 aromatic heterocycles. The number of H-pyrrole nitrogens is 1. The molecule has 0 radical (unpaired) electrons. The van der Waals surface area contributed by atoms with Crippen molar-refractivity contribution in [1.29, 1.82) is 0 Å². The number of aromatic amines is 1. The Balaban J connectivity index is 1.64. The molecule has 1 saturated heterocycles. The zero-order valence-corrected chi connectivity index (χ0v) is 20.5. The number of aromatic nitrogens is 2. The second-order valence-electron chi connectivity index (χ2n) is 9.06. The van der Waals surface area contributed by atoms with Crippen molar-refractivity contribution in [3.63, 3.8) is 0 Å². The maximum atomic E-state index is 10.7. The van der Waals surface area contributed by atoms with Crippen molar-refractivity contribution >= 4 is 5.91 Å². The first kappa shape index (κ1) is 27.8. The Morgan fingerprint density at radius 1 is 1.19 bits per heavy atom. The van der Waals surface area contributed by atoms with Gasteiger partial charge in [0, 0.05) is 17.7 Å². The van der Waals surface area contributed by atoms with Crippen LogP contribution in [0, 0.1) is 0 Å². The van der Waals surface area contributed by atoms with Crippen molar-refractivity contribution in [1.82, 2.24) is 15.5 Å². The van der Waals surface area contributed by atoms with Crippen molar-refractivity contribution in [3.8, 4) is 11.6 Å². The van der Waals surface area contributed by atoms with Crippen LogP contribution in [0.4, 0.5) is 0 Å². The van der Waals surface area contributed by atoms with Gasteiger partial charge in [-0.05, 0) is 36.6 Å². The zero-order chi connectivity index (χ0) is 26.2. The van der Waals surface area contributed by atoms with Crippen LogP contribution in [0.1, 0.15) is 43.0 Å². The minimum Gasteiger partial charge on any atom is -0.494 e. The topological polar surface area (TPSA) is 192 Å². The molecule has 0 saturated carbocycles. The van der Waals surface area contributed by atoms with Gasteiger partial charge in [-0.15, -0.1) is 5.10 Å². The quantitative estimate of drug-likeness (QED) is 0.168. The Morgan fingerprint density at radius 2 is 1.92 bits per heavy atom. The Morgan fingerprint density at radius 3 is 2.56 bits per heavy atom. The van der Waals surface area contributed by atoms with E-state index in [1.807, 2.05) is 38.1 Å². The number of primary amides is 1. The van der Waals surface area contributed by atoms with Crippen LogP contribution in [0.2, 0.25) is 0 Å². The zero-order valence-electron chi connectivity index (χ0n) is 20.5. The van der Waals surface area contributed by atoms with E-state index in [2.05, 4.69) is 15.5 Å². The van der Waals surface area contributed by atoms with E-state index in [0.717, 1.165) is 23.2 Å². The molecule has 0 bridgehead atoms. The molecule has 12 heteroatoms. The van der Waals surface area contributed by atoms with E-state index in [9.17, 15) is 25.2 Å². The normalized spacial score (nSPS) is 24.1. The summed E-state index contributed by atoms with van der Waals surface area (Å²) in [4.78, 5) is 10.7. The highest BCUT2D eigenvalue weighted by Gasteiger charge is 2.45. The molecule has 1 amide bonds. The van der Waals surface area contributed by atoms with E-state index in [-0.39, 0.29) is 18.3 Å². The summed E-state index contributed by atoms with van der Waals surface area (Å²) in [5, 5.41) is 50.0. The number of nitrogens with two attached hydrogens (primary N) is 1. The fourth-order valence-corrected chi connectivity index (χ4v) is 3.89. The van der Waals surface area contributed by atoms with Crippen LogP contribution < -0.4 is 20.5 Å². The molecule has 1 aliphatic rings. The molecule has 8 N–H and O–H groups in total. The maximum Gasteiger partial charge on any atom is 0.238 e. The molecule has 0 spiro atoms. The SMILES string of the molecule is CC(C)c1[nH]nc(O[C@@H]2O[C@H](CO)[C@@H](O)[C@H](O)[C@H]2O)c1Cc1ccc(OCCCNCC(N)=O)cc1. The maximum absolute atomic E-state index is 10.7. The molecule has 3 rings (SSSR count). The molecule has 2 heterocycles. The number of hydrogen-bond acceptors (Lipinski definition) is 10. The van der Waals surface area contributed by atoms with Crippen LogP contribution >= 0.6 is 0 Å². The van der Waals surface area contributed by atoms with E-state index in [1.54, 1.807) is 0 Å². The number of aliphatic hydroxyl groups excluding tert-OH is 4. The van der Waals surface area contributed by atoms with Crippen molar-refractivity contribution in [3.05, 3.63) is 41.1 Å². The molecule has 36 heavy (non-hydrogen) atoms. The second kappa shape index (κ2) is 13.0. The lowest BCUT2D eigenvalue weighted by Crippen LogP contribution is -2.60. The molecule has 0 aliphatic carbocycles. The molecule has 1 fully saturated rings. The van der Waals surface area contributed by atoms with Gasteiger partial charge in [0.2, 0.25) is 18.1 Å². The minimum absolute atomic E-state index is 0.102. The van der Waals surface area contributed by atoms with Crippen LogP contribution in [0.25, 0.3) is 0 Å². The first-order chi connectivity index (χ1) is 17.2. The number of hydrogen-bond donors (Lipinski definition) is 7. The Labute approximate surface area is 209 Å². The third kappa shape index (κ3) is 7.15. The van der Waals surface area contributed by atoms with Crippen LogP contribution in [-0.4, -0.2) is 93.5 Å². The molecule has 200 valence electrons. The third-order valence-electron chi connectivity index (χ3n) is 5.88. The summed E-state index contributed by atoms with van der Waals surface area (Å²) in [6.07, 6.45) is -5.75. The molecule has 1 aliphatic heterocycles. The number of aliphatic hydroxyl groups is 4. The third-order valence-corrected chi connectivity index (χ3v) is 5.88. The van der Waals surface area contributed by atoms with E-state index >= 15 is 0 Å². The average molecular weight is 509 g/mol. The van der Waals surface area contributed by atoms with Crippen LogP contribution in [0.3, 0.4) is 0 Å². The van der Waals surface area contributed by atoms with Gasteiger partial charge in [-0.1, -0.05) is 26.0 Å². The van der Waals surface area contributed by atoms with E-state index in [1.165, 1.54) is 0 Å². The van der Waals surface area contributed by atoms with Gasteiger partial charge in [0.05, 0.1) is 19.8 Å². The molecule has 12 nitrogen and oxygen atoms in total. The molecule has 5 atom stereocenters.